The molecule has 1 aromatic rings. The van der Waals surface area contributed by atoms with Gasteiger partial charge in [0.15, 0.2) is 0 Å². The molecule has 142 valence electrons. The molecule has 0 aromatic heterocycles. The van der Waals surface area contributed by atoms with Crippen molar-refractivity contribution in [1.82, 2.24) is 5.32 Å². The fourth-order valence-corrected chi connectivity index (χ4v) is 3.71. The lowest BCUT2D eigenvalue weighted by atomic mass is 10.2. The van der Waals surface area contributed by atoms with Crippen molar-refractivity contribution >= 4 is 33.2 Å². The van der Waals surface area contributed by atoms with Crippen LogP contribution in [0.2, 0.25) is 5.02 Å². The molecule has 1 unspecified atom stereocenters. The van der Waals surface area contributed by atoms with Gasteiger partial charge in [0.2, 0.25) is 15.9 Å². The first-order valence-corrected chi connectivity index (χ1v) is 10.5. The number of hydrogen-bond donors (Lipinski definition) is 1. The molecule has 1 aromatic carbocycles. The Kier molecular flexibility index (Phi) is 8.68. The third-order valence-electron chi connectivity index (χ3n) is 3.48. The predicted molar refractivity (Wildman–Crippen MR) is 102 cm³/mol. The van der Waals surface area contributed by atoms with Crippen LogP contribution in [0.3, 0.4) is 0 Å². The second kappa shape index (κ2) is 9.99. The van der Waals surface area contributed by atoms with Gasteiger partial charge in [-0.3, -0.25) is 9.10 Å². The summed E-state index contributed by atoms with van der Waals surface area (Å²) in [5.74, 6) is -0.326. The Bertz CT molecular complexity index is 647. The lowest BCUT2D eigenvalue weighted by Gasteiger charge is -2.30. The van der Waals surface area contributed by atoms with Crippen molar-refractivity contribution in [2.75, 3.05) is 23.7 Å². The Labute approximate surface area is 155 Å². The van der Waals surface area contributed by atoms with E-state index in [1.165, 1.54) is 0 Å². The van der Waals surface area contributed by atoms with E-state index in [-0.39, 0.29) is 12.0 Å². The van der Waals surface area contributed by atoms with Crippen LogP contribution in [0.15, 0.2) is 24.3 Å². The Morgan fingerprint density at radius 2 is 1.88 bits per heavy atom. The van der Waals surface area contributed by atoms with E-state index in [0.29, 0.717) is 36.7 Å². The average molecular weight is 391 g/mol. The average Bonchev–Trinajstić information content (AvgIpc) is 2.51. The third-order valence-corrected chi connectivity index (χ3v) is 4.91. The van der Waals surface area contributed by atoms with E-state index in [2.05, 4.69) is 5.32 Å². The predicted octanol–water partition coefficient (Wildman–Crippen LogP) is 2.82. The van der Waals surface area contributed by atoms with Gasteiger partial charge < -0.3 is 10.1 Å². The molecule has 0 bridgehead atoms. The maximum Gasteiger partial charge on any atom is 0.243 e. The topological polar surface area (TPSA) is 75.7 Å². The molecule has 0 spiro atoms. The lowest BCUT2D eigenvalue weighted by Crippen LogP contribution is -2.49. The number of anilines is 1. The molecule has 0 aliphatic carbocycles. The summed E-state index contributed by atoms with van der Waals surface area (Å²) in [6, 6.07) is 5.57. The first kappa shape index (κ1) is 21.7. The highest BCUT2D eigenvalue weighted by Gasteiger charge is 2.31. The number of nitrogens with one attached hydrogen (secondary N) is 1. The molecular weight excluding hydrogens is 364 g/mol. The summed E-state index contributed by atoms with van der Waals surface area (Å²) in [5.41, 5.74) is 0.414. The van der Waals surface area contributed by atoms with E-state index < -0.39 is 16.1 Å². The minimum absolute atomic E-state index is 0.143. The van der Waals surface area contributed by atoms with Gasteiger partial charge in [-0.1, -0.05) is 18.5 Å². The molecule has 1 rings (SSSR count). The van der Waals surface area contributed by atoms with Crippen molar-refractivity contribution in [3.05, 3.63) is 29.3 Å². The van der Waals surface area contributed by atoms with Crippen molar-refractivity contribution in [3.63, 3.8) is 0 Å². The molecule has 8 heteroatoms. The summed E-state index contributed by atoms with van der Waals surface area (Å²) in [6.45, 7) is 6.64. The molecule has 6 nitrogen and oxygen atoms in total. The van der Waals surface area contributed by atoms with Gasteiger partial charge in [-0.25, -0.2) is 8.42 Å². The molecule has 0 saturated heterocycles. The smallest absolute Gasteiger partial charge is 0.243 e. The summed E-state index contributed by atoms with van der Waals surface area (Å²) in [6.07, 6.45) is 2.25. The van der Waals surface area contributed by atoms with Crippen molar-refractivity contribution < 1.29 is 17.9 Å². The van der Waals surface area contributed by atoms with Crippen molar-refractivity contribution in [2.45, 2.75) is 45.8 Å². The van der Waals surface area contributed by atoms with Gasteiger partial charge in [0, 0.05) is 18.2 Å². The van der Waals surface area contributed by atoms with Gasteiger partial charge in [0.25, 0.3) is 0 Å². The normalized spacial score (nSPS) is 12.9. The first-order chi connectivity index (χ1) is 11.7. The molecule has 0 heterocycles. The fraction of sp³-hybridized carbons (Fsp3) is 0.588. The highest BCUT2D eigenvalue weighted by molar-refractivity contribution is 7.92. The lowest BCUT2D eigenvalue weighted by molar-refractivity contribution is -0.122. The van der Waals surface area contributed by atoms with E-state index >= 15 is 0 Å². The van der Waals surface area contributed by atoms with Crippen molar-refractivity contribution in [1.29, 1.82) is 0 Å². The van der Waals surface area contributed by atoms with Crippen molar-refractivity contribution in [3.8, 4) is 0 Å². The highest BCUT2D eigenvalue weighted by Crippen LogP contribution is 2.24. The minimum atomic E-state index is -3.63. The van der Waals surface area contributed by atoms with Gasteiger partial charge in [-0.2, -0.15) is 0 Å². The number of carbonyl (C=O) groups excluding carboxylic acids is 1. The summed E-state index contributed by atoms with van der Waals surface area (Å²) in [4.78, 5) is 12.5. The molecule has 0 aliphatic rings. The Hall–Kier alpha value is -1.31. The number of benzene rings is 1. The second-order valence-corrected chi connectivity index (χ2v) is 8.32. The van der Waals surface area contributed by atoms with Crippen LogP contribution >= 0.6 is 11.6 Å². The Morgan fingerprint density at radius 1 is 1.28 bits per heavy atom. The molecule has 25 heavy (non-hydrogen) atoms. The standard InChI is InChI=1S/C17H27ClN2O4S/c1-5-16(17(21)19-11-6-12-24-13(2)3)20(25(4,22)23)15-9-7-14(18)8-10-15/h7-10,13,16H,5-6,11-12H2,1-4H3,(H,19,21). The van der Waals surface area contributed by atoms with E-state index in [1.807, 2.05) is 13.8 Å². The number of rotatable bonds is 10. The molecule has 0 saturated carbocycles. The summed E-state index contributed by atoms with van der Waals surface area (Å²) in [5, 5.41) is 3.29. The van der Waals surface area contributed by atoms with Crippen LogP contribution in [0.5, 0.6) is 0 Å². The maximum atomic E-state index is 12.5. The molecule has 0 aliphatic heterocycles. The molecule has 1 amide bonds. The third kappa shape index (κ3) is 7.22. The zero-order chi connectivity index (χ0) is 19.0. The van der Waals surface area contributed by atoms with E-state index in [0.717, 1.165) is 10.6 Å². The summed E-state index contributed by atoms with van der Waals surface area (Å²) >= 11 is 5.87. The minimum Gasteiger partial charge on any atom is -0.379 e. The zero-order valence-corrected chi connectivity index (χ0v) is 16.7. The van der Waals surface area contributed by atoms with Crippen LogP contribution in [0.4, 0.5) is 5.69 Å². The van der Waals surface area contributed by atoms with Gasteiger partial charge >= 0.3 is 0 Å². The van der Waals surface area contributed by atoms with E-state index in [1.54, 1.807) is 31.2 Å². The van der Waals surface area contributed by atoms with Gasteiger partial charge in [-0.05, 0) is 51.0 Å². The van der Waals surface area contributed by atoms with Crippen LogP contribution in [-0.4, -0.2) is 45.9 Å². The number of sulfonamides is 1. The van der Waals surface area contributed by atoms with Crippen molar-refractivity contribution in [2.24, 2.45) is 0 Å². The number of nitrogens with zero attached hydrogens (tertiary/aromatic N) is 1. The van der Waals surface area contributed by atoms with Crippen LogP contribution < -0.4 is 9.62 Å². The highest BCUT2D eigenvalue weighted by atomic mass is 35.5. The van der Waals surface area contributed by atoms with Crippen LogP contribution in [-0.2, 0) is 19.6 Å². The Morgan fingerprint density at radius 3 is 2.36 bits per heavy atom. The Balaban J connectivity index is 2.84. The summed E-state index contributed by atoms with van der Waals surface area (Å²) < 4.78 is 31.1. The number of ether oxygens (including phenoxy) is 1. The molecular formula is C17H27ClN2O4S. The number of carbonyl (C=O) groups is 1. The fourth-order valence-electron chi connectivity index (χ4n) is 2.37. The first-order valence-electron chi connectivity index (χ1n) is 8.31. The zero-order valence-electron chi connectivity index (χ0n) is 15.2. The van der Waals surface area contributed by atoms with E-state index in [4.69, 9.17) is 16.3 Å². The van der Waals surface area contributed by atoms with Crippen LogP contribution in [0.25, 0.3) is 0 Å². The maximum absolute atomic E-state index is 12.5. The molecule has 1 N–H and O–H groups in total. The quantitative estimate of drug-likeness (QED) is 0.623. The second-order valence-electron chi connectivity index (χ2n) is 6.02. The van der Waals surface area contributed by atoms with Crippen LogP contribution in [0.1, 0.15) is 33.6 Å². The monoisotopic (exact) mass is 390 g/mol. The number of hydrogen-bond acceptors (Lipinski definition) is 4. The molecule has 0 fully saturated rings. The van der Waals surface area contributed by atoms with E-state index in [9.17, 15) is 13.2 Å². The van der Waals surface area contributed by atoms with Gasteiger partial charge in [0.05, 0.1) is 18.0 Å². The largest absolute Gasteiger partial charge is 0.379 e. The molecule has 1 atom stereocenters. The SMILES string of the molecule is CCC(C(=O)NCCCOC(C)C)N(c1ccc(Cl)cc1)S(C)(=O)=O. The number of amides is 1. The van der Waals surface area contributed by atoms with Crippen LogP contribution in [0, 0.1) is 0 Å². The van der Waals surface area contributed by atoms with Gasteiger partial charge in [-0.15, -0.1) is 0 Å². The summed E-state index contributed by atoms with van der Waals surface area (Å²) in [7, 11) is -3.63. The molecule has 0 radical (unpaired) electrons. The van der Waals surface area contributed by atoms with Gasteiger partial charge in [0.1, 0.15) is 6.04 Å². The number of halogens is 1.